The minimum Gasteiger partial charge on any atom is -0.303 e. The number of likely N-dealkylation sites (tertiary alicyclic amines) is 1. The number of piperidine rings is 1. The molecule has 1 saturated heterocycles. The molecule has 1 N–H and O–H groups in total. The number of benzene rings is 1. The van der Waals surface area contributed by atoms with Crippen molar-refractivity contribution in [1.29, 1.82) is 0 Å². The Morgan fingerprint density at radius 1 is 1.11 bits per heavy atom. The van der Waals surface area contributed by atoms with Crippen LogP contribution in [0.5, 0.6) is 0 Å². The minimum absolute atomic E-state index is 0.585. The fourth-order valence-corrected chi connectivity index (χ4v) is 5.81. The van der Waals surface area contributed by atoms with Crippen LogP contribution < -0.4 is 0 Å². The molecule has 0 unspecified atom stereocenters. The monoisotopic (exact) mass is 502 g/mol. The van der Waals surface area contributed by atoms with Gasteiger partial charge in [-0.05, 0) is 113 Å². The number of aromatic nitrogens is 5. The van der Waals surface area contributed by atoms with Gasteiger partial charge in [0.05, 0.1) is 0 Å². The number of aryl methyl sites for hydroxylation is 3. The van der Waals surface area contributed by atoms with E-state index < -0.39 is 0 Å². The van der Waals surface area contributed by atoms with E-state index in [0.29, 0.717) is 5.92 Å². The van der Waals surface area contributed by atoms with E-state index in [0.717, 1.165) is 54.8 Å². The number of nitrogens with one attached hydrogen (secondary N) is 1. The third kappa shape index (κ3) is 6.59. The third-order valence-corrected chi connectivity index (χ3v) is 7.88. The van der Waals surface area contributed by atoms with Crippen molar-refractivity contribution in [1.82, 2.24) is 29.9 Å². The van der Waals surface area contributed by atoms with E-state index >= 15 is 0 Å². The summed E-state index contributed by atoms with van der Waals surface area (Å²) < 4.78 is 2.07. The summed E-state index contributed by atoms with van der Waals surface area (Å²) in [6.45, 7) is 22.0. The van der Waals surface area contributed by atoms with Gasteiger partial charge in [0.25, 0.3) is 0 Å². The fraction of sp³-hybridized carbons (Fsp3) is 0.581. The highest BCUT2D eigenvalue weighted by Crippen LogP contribution is 2.28. The zero-order valence-electron chi connectivity index (χ0n) is 23.9. The lowest BCUT2D eigenvalue weighted by Crippen LogP contribution is -2.35. The van der Waals surface area contributed by atoms with Crippen LogP contribution in [0.1, 0.15) is 75.8 Å². The molecule has 0 bridgehead atoms. The molecule has 37 heavy (non-hydrogen) atoms. The van der Waals surface area contributed by atoms with Crippen LogP contribution in [-0.4, -0.2) is 49.5 Å². The maximum Gasteiger partial charge on any atom is 0.181 e. The van der Waals surface area contributed by atoms with Gasteiger partial charge in [-0.3, -0.25) is 9.78 Å². The number of aromatic amines is 1. The van der Waals surface area contributed by atoms with E-state index in [1.807, 2.05) is 0 Å². The Bertz CT molecular complexity index is 1170. The van der Waals surface area contributed by atoms with Crippen molar-refractivity contribution in [2.75, 3.05) is 19.6 Å². The van der Waals surface area contributed by atoms with Gasteiger partial charge in [-0.2, -0.15) is 10.2 Å². The summed E-state index contributed by atoms with van der Waals surface area (Å²) in [4.78, 5) is 7.46. The summed E-state index contributed by atoms with van der Waals surface area (Å²) in [5.41, 5.74) is 8.74. The molecule has 1 aromatic carbocycles. The van der Waals surface area contributed by atoms with Crippen LogP contribution >= 0.6 is 0 Å². The molecule has 3 heterocycles. The van der Waals surface area contributed by atoms with Crippen LogP contribution in [0, 0.1) is 25.7 Å². The quantitative estimate of drug-likeness (QED) is 0.294. The lowest BCUT2D eigenvalue weighted by molar-refractivity contribution is 0.199. The van der Waals surface area contributed by atoms with Gasteiger partial charge in [0.2, 0.25) is 0 Å². The molecule has 0 spiro atoms. The molecular weight excluding hydrogens is 456 g/mol. The number of hydrogen-bond donors (Lipinski definition) is 1. The van der Waals surface area contributed by atoms with Crippen molar-refractivity contribution in [3.63, 3.8) is 0 Å². The summed E-state index contributed by atoms with van der Waals surface area (Å²) in [6, 6.07) is 6.63. The van der Waals surface area contributed by atoms with Gasteiger partial charge in [0.15, 0.2) is 11.6 Å². The molecule has 3 aromatic rings. The molecule has 0 atom stereocenters. The van der Waals surface area contributed by atoms with Gasteiger partial charge in [-0.15, -0.1) is 0 Å². The Labute approximate surface area is 223 Å². The van der Waals surface area contributed by atoms with Gasteiger partial charge in [-0.1, -0.05) is 39.3 Å². The highest BCUT2D eigenvalue weighted by Gasteiger charge is 2.21. The molecule has 0 amide bonds. The van der Waals surface area contributed by atoms with E-state index in [1.54, 1.807) is 0 Å². The standard InChI is InChI=1S/C31H46N6/c1-8-10-22(5)25-11-14-36(15-12-25)16-13-28-23(6)18-26(19-24(28)7)30-32-31(34-33-30)29-20-27(17-21(3)4)37(9-2)35-29/h18-21,25H,5,8-17H2,1-4,6-7H3,(H,32,33,34). The molecule has 6 heteroatoms. The summed E-state index contributed by atoms with van der Waals surface area (Å²) >= 11 is 0. The SMILES string of the molecule is C=C(CCC)C1CCN(CCc2c(C)cc(-c3n[nH]c(-c4cc(CC(C)C)n(CC)n4)n3)cc2C)CC1. The summed E-state index contributed by atoms with van der Waals surface area (Å²) in [5.74, 6) is 2.78. The van der Waals surface area contributed by atoms with Crippen molar-refractivity contribution in [2.45, 2.75) is 86.6 Å². The van der Waals surface area contributed by atoms with E-state index in [1.165, 1.54) is 66.7 Å². The van der Waals surface area contributed by atoms with Crippen molar-refractivity contribution >= 4 is 0 Å². The molecule has 1 fully saturated rings. The molecule has 4 rings (SSSR count). The van der Waals surface area contributed by atoms with Crippen molar-refractivity contribution in [3.8, 4) is 22.9 Å². The molecule has 6 nitrogen and oxygen atoms in total. The molecule has 0 saturated carbocycles. The first kappa shape index (κ1) is 27.3. The number of H-pyrrole nitrogens is 1. The van der Waals surface area contributed by atoms with Crippen molar-refractivity contribution in [3.05, 3.63) is 52.7 Å². The highest BCUT2D eigenvalue weighted by atomic mass is 15.3. The molecule has 1 aliphatic rings. The maximum atomic E-state index is 4.83. The average Bonchev–Trinajstić information content (AvgIpc) is 3.51. The average molecular weight is 503 g/mol. The van der Waals surface area contributed by atoms with Gasteiger partial charge in [-0.25, -0.2) is 4.98 Å². The summed E-state index contributed by atoms with van der Waals surface area (Å²) in [6.07, 6.45) is 7.02. The molecule has 200 valence electrons. The van der Waals surface area contributed by atoms with Crippen LogP contribution in [0.2, 0.25) is 0 Å². The Morgan fingerprint density at radius 2 is 1.81 bits per heavy atom. The van der Waals surface area contributed by atoms with Crippen molar-refractivity contribution < 1.29 is 0 Å². The zero-order valence-corrected chi connectivity index (χ0v) is 23.9. The first-order chi connectivity index (χ1) is 17.8. The van der Waals surface area contributed by atoms with Crippen LogP contribution in [-0.2, 0) is 19.4 Å². The smallest absolute Gasteiger partial charge is 0.181 e. The van der Waals surface area contributed by atoms with Crippen LogP contribution in [0.25, 0.3) is 22.9 Å². The number of hydrogen-bond acceptors (Lipinski definition) is 4. The van der Waals surface area contributed by atoms with Gasteiger partial charge >= 0.3 is 0 Å². The number of allylic oxidation sites excluding steroid dienone is 1. The molecule has 2 aromatic heterocycles. The lowest BCUT2D eigenvalue weighted by atomic mass is 9.87. The predicted octanol–water partition coefficient (Wildman–Crippen LogP) is 6.78. The minimum atomic E-state index is 0.585. The second-order valence-corrected chi connectivity index (χ2v) is 11.3. The van der Waals surface area contributed by atoms with Crippen LogP contribution in [0.4, 0.5) is 0 Å². The van der Waals surface area contributed by atoms with E-state index in [9.17, 15) is 0 Å². The second kappa shape index (κ2) is 12.2. The molecular formula is C31H46N6. The first-order valence-electron chi connectivity index (χ1n) is 14.3. The summed E-state index contributed by atoms with van der Waals surface area (Å²) in [5, 5.41) is 12.5. The Balaban J connectivity index is 1.41. The zero-order chi connectivity index (χ0) is 26.5. The maximum absolute atomic E-state index is 4.83. The normalized spacial score (nSPS) is 15.1. The predicted molar refractivity (Wildman–Crippen MR) is 154 cm³/mol. The third-order valence-electron chi connectivity index (χ3n) is 7.88. The van der Waals surface area contributed by atoms with E-state index in [4.69, 9.17) is 10.1 Å². The van der Waals surface area contributed by atoms with E-state index in [-0.39, 0.29) is 0 Å². The highest BCUT2D eigenvalue weighted by molar-refractivity contribution is 5.62. The lowest BCUT2D eigenvalue weighted by Gasteiger charge is -2.33. The first-order valence-corrected chi connectivity index (χ1v) is 14.3. The van der Waals surface area contributed by atoms with E-state index in [2.05, 4.69) is 86.1 Å². The van der Waals surface area contributed by atoms with Crippen LogP contribution in [0.15, 0.2) is 30.4 Å². The summed E-state index contributed by atoms with van der Waals surface area (Å²) in [7, 11) is 0. The van der Waals surface area contributed by atoms with Crippen molar-refractivity contribution in [2.24, 2.45) is 11.8 Å². The van der Waals surface area contributed by atoms with Crippen LogP contribution in [0.3, 0.4) is 0 Å². The van der Waals surface area contributed by atoms with Gasteiger partial charge in [0, 0.05) is 24.3 Å². The van der Waals surface area contributed by atoms with Gasteiger partial charge < -0.3 is 4.90 Å². The molecule has 0 aliphatic carbocycles. The Hall–Kier alpha value is -2.73. The fourth-order valence-electron chi connectivity index (χ4n) is 5.81. The van der Waals surface area contributed by atoms with Gasteiger partial charge in [0.1, 0.15) is 5.69 Å². The number of nitrogens with zero attached hydrogens (tertiary/aromatic N) is 5. The Kier molecular flexibility index (Phi) is 9.01. The molecule has 0 radical (unpaired) electrons. The molecule has 1 aliphatic heterocycles. The Morgan fingerprint density at radius 3 is 2.43 bits per heavy atom. The number of rotatable bonds is 11. The topological polar surface area (TPSA) is 62.6 Å². The largest absolute Gasteiger partial charge is 0.303 e. The second-order valence-electron chi connectivity index (χ2n) is 11.3.